The molecule has 29 heavy (non-hydrogen) atoms. The third-order valence-corrected chi connectivity index (χ3v) is 7.45. The van der Waals surface area contributed by atoms with E-state index in [-0.39, 0.29) is 5.92 Å². The summed E-state index contributed by atoms with van der Waals surface area (Å²) in [6, 6.07) is 9.29. The van der Waals surface area contributed by atoms with Gasteiger partial charge in [-0.25, -0.2) is 4.79 Å². The maximum Gasteiger partial charge on any atom is 0.404 e. The average Bonchev–Trinajstić information content (AvgIpc) is 3.59. The highest BCUT2D eigenvalue weighted by molar-refractivity contribution is 5.83. The number of ether oxygens (including phenoxy) is 1. The Labute approximate surface area is 172 Å². The summed E-state index contributed by atoms with van der Waals surface area (Å²) in [5, 5.41) is 0. The van der Waals surface area contributed by atoms with Gasteiger partial charge in [-0.3, -0.25) is 4.79 Å². The van der Waals surface area contributed by atoms with Crippen LogP contribution in [0.3, 0.4) is 0 Å². The highest BCUT2D eigenvalue weighted by Gasteiger charge is 2.58. The fraction of sp³-hybridized carbons (Fsp3) is 0.583. The van der Waals surface area contributed by atoms with Gasteiger partial charge in [0.2, 0.25) is 5.91 Å². The van der Waals surface area contributed by atoms with E-state index in [2.05, 4.69) is 35.2 Å². The molecule has 3 aliphatic carbocycles. The molecule has 1 aromatic rings. The van der Waals surface area contributed by atoms with Gasteiger partial charge in [0, 0.05) is 18.5 Å². The van der Waals surface area contributed by atoms with Crippen LogP contribution in [0.1, 0.15) is 62.0 Å². The Balaban J connectivity index is 1.13. The molecule has 5 rings (SSSR count). The number of allylic oxidation sites excluding steroid dienone is 1. The summed E-state index contributed by atoms with van der Waals surface area (Å²) in [4.78, 5) is 25.6. The molecule has 0 aromatic heterocycles. The number of hydrogen-bond acceptors (Lipinski definition) is 3. The van der Waals surface area contributed by atoms with Crippen molar-refractivity contribution in [2.75, 3.05) is 19.7 Å². The van der Waals surface area contributed by atoms with Crippen LogP contribution in [0.4, 0.5) is 4.79 Å². The fourth-order valence-corrected chi connectivity index (χ4v) is 5.42. The number of carbonyl (C=O) groups excluding carboxylic acids is 2. The van der Waals surface area contributed by atoms with Crippen LogP contribution in [0.2, 0.25) is 0 Å². The Morgan fingerprint density at radius 1 is 1.28 bits per heavy atom. The van der Waals surface area contributed by atoms with Crippen molar-refractivity contribution in [3.8, 4) is 0 Å². The predicted octanol–water partition coefficient (Wildman–Crippen LogP) is 3.88. The summed E-state index contributed by atoms with van der Waals surface area (Å²) < 4.78 is 4.75. The van der Waals surface area contributed by atoms with E-state index >= 15 is 0 Å². The lowest BCUT2D eigenvalue weighted by atomic mass is 9.81. The van der Waals surface area contributed by atoms with Gasteiger partial charge in [-0.05, 0) is 67.9 Å². The third kappa shape index (κ3) is 3.67. The van der Waals surface area contributed by atoms with Gasteiger partial charge in [0.1, 0.15) is 0 Å². The molecule has 0 spiro atoms. The molecule has 2 saturated carbocycles. The topological polar surface area (TPSA) is 72.6 Å². The van der Waals surface area contributed by atoms with Crippen LogP contribution in [0.15, 0.2) is 35.9 Å². The number of nitrogens with zero attached hydrogens (tertiary/aromatic N) is 1. The highest BCUT2D eigenvalue weighted by atomic mass is 16.5. The van der Waals surface area contributed by atoms with Gasteiger partial charge in [0.15, 0.2) is 0 Å². The summed E-state index contributed by atoms with van der Waals surface area (Å²) in [7, 11) is 0. The number of nitrogens with two attached hydrogens (primary N) is 1. The fourth-order valence-electron chi connectivity index (χ4n) is 5.42. The molecule has 2 unspecified atom stereocenters. The molecule has 1 heterocycles. The lowest BCUT2D eigenvalue weighted by Crippen LogP contribution is -2.44. The number of fused-ring (bicyclic) bond motifs is 1. The molecular weight excluding hydrogens is 364 g/mol. The van der Waals surface area contributed by atoms with E-state index in [1.165, 1.54) is 36.0 Å². The quantitative estimate of drug-likeness (QED) is 0.563. The highest BCUT2D eigenvalue weighted by Crippen LogP contribution is 2.60. The SMILES string of the molecule is NC(=O)OCCCC1=C[C@H](C(=O)N2CCC3(c4cccc(C5CC5)c4)CC3C2)C1. The minimum absolute atomic E-state index is 0.0477. The van der Waals surface area contributed by atoms with Crippen LogP contribution in [-0.4, -0.2) is 36.6 Å². The van der Waals surface area contributed by atoms with Crippen molar-refractivity contribution in [2.24, 2.45) is 17.6 Å². The molecule has 4 aliphatic rings. The second-order valence-corrected chi connectivity index (χ2v) is 9.40. The standard InChI is InChI=1S/C24H30N2O3/c25-23(28)29-10-2-3-16-11-19(12-16)22(27)26-9-8-24(14-21(24)15-26)20-5-1-4-18(13-20)17-6-7-17/h1,4-5,11,13,17,19,21H,2-3,6-10,12,14-15H2,(H2,25,28)/t19-,21?,24?/m0/s1. The molecule has 3 atom stereocenters. The van der Waals surface area contributed by atoms with Crippen LogP contribution in [0.5, 0.6) is 0 Å². The molecule has 0 bridgehead atoms. The molecule has 1 aliphatic heterocycles. The first-order valence-corrected chi connectivity index (χ1v) is 11.1. The Hall–Kier alpha value is -2.30. The van der Waals surface area contributed by atoms with E-state index in [0.29, 0.717) is 23.8 Å². The molecule has 2 amide bonds. The lowest BCUT2D eigenvalue weighted by molar-refractivity contribution is -0.135. The van der Waals surface area contributed by atoms with Crippen LogP contribution < -0.4 is 5.73 Å². The molecule has 154 valence electrons. The van der Waals surface area contributed by atoms with E-state index in [9.17, 15) is 9.59 Å². The van der Waals surface area contributed by atoms with Gasteiger partial charge < -0.3 is 15.4 Å². The van der Waals surface area contributed by atoms with Crippen molar-refractivity contribution in [3.63, 3.8) is 0 Å². The van der Waals surface area contributed by atoms with Crippen LogP contribution in [0.25, 0.3) is 0 Å². The zero-order chi connectivity index (χ0) is 20.0. The second kappa shape index (κ2) is 7.19. The Bertz CT molecular complexity index is 859. The minimum Gasteiger partial charge on any atom is -0.450 e. The van der Waals surface area contributed by atoms with E-state index in [1.54, 1.807) is 0 Å². The first-order chi connectivity index (χ1) is 14.0. The number of piperidine rings is 1. The molecular formula is C24H30N2O3. The Kier molecular flexibility index (Phi) is 4.64. The molecule has 1 saturated heterocycles. The third-order valence-electron chi connectivity index (χ3n) is 7.45. The first-order valence-electron chi connectivity index (χ1n) is 11.1. The van der Waals surface area contributed by atoms with Gasteiger partial charge in [0.05, 0.1) is 12.5 Å². The predicted molar refractivity (Wildman–Crippen MR) is 110 cm³/mol. The minimum atomic E-state index is -0.721. The van der Waals surface area contributed by atoms with Crippen molar-refractivity contribution < 1.29 is 14.3 Å². The molecule has 3 fully saturated rings. The normalized spacial score (nSPS) is 30.1. The lowest BCUT2D eigenvalue weighted by Gasteiger charge is -2.36. The summed E-state index contributed by atoms with van der Waals surface area (Å²) in [6.45, 7) is 2.15. The van der Waals surface area contributed by atoms with Gasteiger partial charge >= 0.3 is 6.09 Å². The van der Waals surface area contributed by atoms with Gasteiger partial charge in [-0.15, -0.1) is 0 Å². The van der Waals surface area contributed by atoms with Crippen LogP contribution in [-0.2, 0) is 14.9 Å². The summed E-state index contributed by atoms with van der Waals surface area (Å²) >= 11 is 0. The largest absolute Gasteiger partial charge is 0.450 e. The molecule has 1 aromatic carbocycles. The average molecular weight is 395 g/mol. The molecule has 5 nitrogen and oxygen atoms in total. The van der Waals surface area contributed by atoms with Crippen molar-refractivity contribution in [3.05, 3.63) is 47.0 Å². The molecule has 5 heteroatoms. The zero-order valence-electron chi connectivity index (χ0n) is 16.9. The Morgan fingerprint density at radius 2 is 2.10 bits per heavy atom. The number of carbonyl (C=O) groups is 2. The number of primary amides is 1. The molecule has 0 radical (unpaired) electrons. The number of amides is 2. The van der Waals surface area contributed by atoms with E-state index in [0.717, 1.165) is 44.7 Å². The maximum atomic E-state index is 12.9. The van der Waals surface area contributed by atoms with Crippen molar-refractivity contribution in [1.29, 1.82) is 0 Å². The van der Waals surface area contributed by atoms with Crippen molar-refractivity contribution in [1.82, 2.24) is 4.90 Å². The summed E-state index contributed by atoms with van der Waals surface area (Å²) in [6.07, 6.45) is 8.91. The van der Waals surface area contributed by atoms with E-state index in [1.807, 2.05) is 0 Å². The zero-order valence-corrected chi connectivity index (χ0v) is 16.9. The number of likely N-dealkylation sites (tertiary alicyclic amines) is 1. The number of benzene rings is 1. The first kappa shape index (κ1) is 18.7. The van der Waals surface area contributed by atoms with Crippen LogP contribution >= 0.6 is 0 Å². The maximum absolute atomic E-state index is 12.9. The Morgan fingerprint density at radius 3 is 2.83 bits per heavy atom. The van der Waals surface area contributed by atoms with Gasteiger partial charge in [0.25, 0.3) is 0 Å². The van der Waals surface area contributed by atoms with Gasteiger partial charge in [-0.1, -0.05) is 35.9 Å². The second-order valence-electron chi connectivity index (χ2n) is 9.40. The van der Waals surface area contributed by atoms with E-state index < -0.39 is 6.09 Å². The van der Waals surface area contributed by atoms with Crippen LogP contribution in [0, 0.1) is 11.8 Å². The molecule has 2 N–H and O–H groups in total. The number of rotatable bonds is 7. The summed E-state index contributed by atoms with van der Waals surface area (Å²) in [5.74, 6) is 1.78. The summed E-state index contributed by atoms with van der Waals surface area (Å²) in [5.41, 5.74) is 9.63. The van der Waals surface area contributed by atoms with E-state index in [4.69, 9.17) is 10.5 Å². The monoisotopic (exact) mass is 394 g/mol. The number of hydrogen-bond donors (Lipinski definition) is 1. The van der Waals surface area contributed by atoms with Crippen molar-refractivity contribution >= 4 is 12.0 Å². The van der Waals surface area contributed by atoms with Gasteiger partial charge in [-0.2, -0.15) is 0 Å². The van der Waals surface area contributed by atoms with Crippen molar-refractivity contribution in [2.45, 2.75) is 56.3 Å². The smallest absolute Gasteiger partial charge is 0.404 e.